The first kappa shape index (κ1) is 17.4. The van der Waals surface area contributed by atoms with Crippen molar-refractivity contribution in [3.05, 3.63) is 0 Å². The van der Waals surface area contributed by atoms with Crippen LogP contribution in [-0.4, -0.2) is 64.0 Å². The van der Waals surface area contributed by atoms with Gasteiger partial charge in [-0.3, -0.25) is 4.79 Å². The molecular formula is C13H27NO4. The van der Waals surface area contributed by atoms with Crippen LogP contribution >= 0.6 is 0 Å². The minimum Gasteiger partial charge on any atom is -0.463 e. The van der Waals surface area contributed by atoms with E-state index >= 15 is 0 Å². The zero-order valence-electron chi connectivity index (χ0n) is 11.9. The van der Waals surface area contributed by atoms with Crippen molar-refractivity contribution >= 4 is 5.97 Å². The third kappa shape index (κ3) is 11.8. The van der Waals surface area contributed by atoms with Gasteiger partial charge in [0.2, 0.25) is 0 Å². The average molecular weight is 261 g/mol. The van der Waals surface area contributed by atoms with Crippen LogP contribution in [0, 0.1) is 0 Å². The van der Waals surface area contributed by atoms with Crippen molar-refractivity contribution in [1.82, 2.24) is 4.90 Å². The Kier molecular flexibility index (Phi) is 12.3. The van der Waals surface area contributed by atoms with Crippen LogP contribution in [0.3, 0.4) is 0 Å². The van der Waals surface area contributed by atoms with Gasteiger partial charge in [0, 0.05) is 32.9 Å². The molecule has 0 saturated carbocycles. The van der Waals surface area contributed by atoms with Crippen LogP contribution < -0.4 is 0 Å². The summed E-state index contributed by atoms with van der Waals surface area (Å²) < 4.78 is 15.4. The number of carbonyl (C=O) groups is 1. The molecule has 0 bridgehead atoms. The summed E-state index contributed by atoms with van der Waals surface area (Å²) in [4.78, 5) is 13.5. The van der Waals surface area contributed by atoms with Crippen LogP contribution in [0.1, 0.15) is 26.7 Å². The predicted octanol–water partition coefficient (Wildman–Crippen LogP) is 1.31. The first-order chi connectivity index (χ1) is 8.70. The predicted molar refractivity (Wildman–Crippen MR) is 70.7 cm³/mol. The van der Waals surface area contributed by atoms with Crippen LogP contribution in [0.2, 0.25) is 0 Å². The molecule has 5 heteroatoms. The van der Waals surface area contributed by atoms with E-state index in [1.165, 1.54) is 0 Å². The first-order valence-electron chi connectivity index (χ1n) is 6.70. The molecule has 5 nitrogen and oxygen atoms in total. The van der Waals surface area contributed by atoms with E-state index in [0.717, 1.165) is 32.7 Å². The Labute approximate surface area is 110 Å². The summed E-state index contributed by atoms with van der Waals surface area (Å²) in [5.74, 6) is -0.161. The molecule has 0 fully saturated rings. The second kappa shape index (κ2) is 12.8. The highest BCUT2D eigenvalue weighted by Gasteiger charge is 2.05. The number of hydrogen-bond donors (Lipinski definition) is 0. The summed E-state index contributed by atoms with van der Waals surface area (Å²) >= 11 is 0. The minimum absolute atomic E-state index is 0.161. The Bertz CT molecular complexity index is 199. The maximum atomic E-state index is 11.4. The quantitative estimate of drug-likeness (QED) is 0.391. The Morgan fingerprint density at radius 2 is 1.67 bits per heavy atom. The number of ether oxygens (including phenoxy) is 3. The maximum Gasteiger partial charge on any atom is 0.307 e. The van der Waals surface area contributed by atoms with Crippen molar-refractivity contribution < 1.29 is 19.0 Å². The summed E-state index contributed by atoms with van der Waals surface area (Å²) in [6.45, 7) is 8.58. The third-order valence-electron chi connectivity index (χ3n) is 2.43. The first-order valence-corrected chi connectivity index (χ1v) is 6.70. The van der Waals surface area contributed by atoms with Crippen LogP contribution in [0.5, 0.6) is 0 Å². The lowest BCUT2D eigenvalue weighted by Crippen LogP contribution is -2.25. The Hall–Kier alpha value is -0.650. The van der Waals surface area contributed by atoms with Gasteiger partial charge in [-0.25, -0.2) is 0 Å². The molecule has 0 amide bonds. The SMILES string of the molecule is CCOCCCN(C)CCC(=O)OCCOCC. The smallest absolute Gasteiger partial charge is 0.307 e. The lowest BCUT2D eigenvalue weighted by molar-refractivity contribution is -0.145. The summed E-state index contributed by atoms with van der Waals surface area (Å²) in [7, 11) is 2.00. The van der Waals surface area contributed by atoms with Gasteiger partial charge in [0.15, 0.2) is 0 Å². The second-order valence-corrected chi connectivity index (χ2v) is 4.02. The van der Waals surface area contributed by atoms with Gasteiger partial charge in [-0.05, 0) is 27.3 Å². The fourth-order valence-corrected chi connectivity index (χ4v) is 1.41. The maximum absolute atomic E-state index is 11.4. The molecule has 0 unspecified atom stereocenters. The van der Waals surface area contributed by atoms with E-state index in [1.807, 2.05) is 20.9 Å². The molecule has 0 aromatic heterocycles. The third-order valence-corrected chi connectivity index (χ3v) is 2.43. The van der Waals surface area contributed by atoms with Crippen molar-refractivity contribution in [3.8, 4) is 0 Å². The molecule has 0 aromatic carbocycles. The summed E-state index contributed by atoms with van der Waals surface area (Å²) in [6, 6.07) is 0. The molecule has 0 rings (SSSR count). The average Bonchev–Trinajstić information content (AvgIpc) is 2.37. The largest absolute Gasteiger partial charge is 0.463 e. The molecule has 0 spiro atoms. The highest BCUT2D eigenvalue weighted by atomic mass is 16.6. The van der Waals surface area contributed by atoms with Crippen LogP contribution in [0.4, 0.5) is 0 Å². The molecule has 0 aliphatic heterocycles. The molecule has 108 valence electrons. The second-order valence-electron chi connectivity index (χ2n) is 4.02. The van der Waals surface area contributed by atoms with Gasteiger partial charge in [0.1, 0.15) is 6.61 Å². The van der Waals surface area contributed by atoms with E-state index in [2.05, 4.69) is 4.90 Å². The Morgan fingerprint density at radius 3 is 2.33 bits per heavy atom. The van der Waals surface area contributed by atoms with Gasteiger partial charge in [0.05, 0.1) is 13.0 Å². The fraction of sp³-hybridized carbons (Fsp3) is 0.923. The van der Waals surface area contributed by atoms with E-state index in [4.69, 9.17) is 14.2 Å². The van der Waals surface area contributed by atoms with Gasteiger partial charge in [0.25, 0.3) is 0 Å². The van der Waals surface area contributed by atoms with Gasteiger partial charge in [-0.1, -0.05) is 0 Å². The number of nitrogens with zero attached hydrogens (tertiary/aromatic N) is 1. The highest BCUT2D eigenvalue weighted by Crippen LogP contribution is 1.94. The van der Waals surface area contributed by atoms with Crippen LogP contribution in [0.25, 0.3) is 0 Å². The summed E-state index contributed by atoms with van der Waals surface area (Å²) in [5, 5.41) is 0. The lowest BCUT2D eigenvalue weighted by atomic mass is 10.3. The van der Waals surface area contributed by atoms with Gasteiger partial charge in [-0.15, -0.1) is 0 Å². The highest BCUT2D eigenvalue weighted by molar-refractivity contribution is 5.69. The molecule has 0 aliphatic rings. The molecule has 0 aromatic rings. The zero-order valence-corrected chi connectivity index (χ0v) is 11.9. The molecule has 18 heavy (non-hydrogen) atoms. The molecule has 0 N–H and O–H groups in total. The summed E-state index contributed by atoms with van der Waals surface area (Å²) in [6.07, 6.45) is 1.42. The zero-order chi connectivity index (χ0) is 13.6. The van der Waals surface area contributed by atoms with Crippen LogP contribution in [0.15, 0.2) is 0 Å². The number of esters is 1. The number of carbonyl (C=O) groups excluding carboxylic acids is 1. The fourth-order valence-electron chi connectivity index (χ4n) is 1.41. The van der Waals surface area contributed by atoms with Crippen molar-refractivity contribution in [2.75, 3.05) is 53.2 Å². The molecule has 0 saturated heterocycles. The van der Waals surface area contributed by atoms with E-state index in [-0.39, 0.29) is 5.97 Å². The van der Waals surface area contributed by atoms with E-state index in [1.54, 1.807) is 0 Å². The van der Waals surface area contributed by atoms with Crippen molar-refractivity contribution in [1.29, 1.82) is 0 Å². The Balaban J connectivity index is 3.35. The Morgan fingerprint density at radius 1 is 1.00 bits per heavy atom. The van der Waals surface area contributed by atoms with Crippen molar-refractivity contribution in [3.63, 3.8) is 0 Å². The molecule has 0 atom stereocenters. The topological polar surface area (TPSA) is 48.0 Å². The van der Waals surface area contributed by atoms with Gasteiger partial charge >= 0.3 is 5.97 Å². The molecule has 0 radical (unpaired) electrons. The van der Waals surface area contributed by atoms with E-state index in [9.17, 15) is 4.79 Å². The van der Waals surface area contributed by atoms with Crippen molar-refractivity contribution in [2.45, 2.75) is 26.7 Å². The van der Waals surface area contributed by atoms with Crippen LogP contribution in [-0.2, 0) is 19.0 Å². The number of hydrogen-bond acceptors (Lipinski definition) is 5. The van der Waals surface area contributed by atoms with E-state index in [0.29, 0.717) is 26.2 Å². The molecular weight excluding hydrogens is 234 g/mol. The normalized spacial score (nSPS) is 10.9. The summed E-state index contributed by atoms with van der Waals surface area (Å²) in [5.41, 5.74) is 0. The monoisotopic (exact) mass is 261 g/mol. The number of rotatable bonds is 12. The lowest BCUT2D eigenvalue weighted by Gasteiger charge is -2.15. The van der Waals surface area contributed by atoms with Crippen molar-refractivity contribution in [2.24, 2.45) is 0 Å². The van der Waals surface area contributed by atoms with E-state index < -0.39 is 0 Å². The van der Waals surface area contributed by atoms with Gasteiger partial charge < -0.3 is 19.1 Å². The molecule has 0 aliphatic carbocycles. The van der Waals surface area contributed by atoms with Gasteiger partial charge in [-0.2, -0.15) is 0 Å². The molecule has 0 heterocycles. The standard InChI is InChI=1S/C13H27NO4/c1-4-16-10-6-8-14(3)9-7-13(15)18-12-11-17-5-2/h4-12H2,1-3H3. The minimum atomic E-state index is -0.161.